The largest absolute Gasteiger partial charge is 0.378 e. The molecule has 5 heteroatoms. The summed E-state index contributed by atoms with van der Waals surface area (Å²) < 4.78 is 7.18. The first-order valence-corrected chi connectivity index (χ1v) is 6.49. The standard InChI is InChI=1S/C14H17N3O2/c1-10-3-4-12-15-11(2)13(17(12)9-10)14(18)16-5-7-19-8-6-16/h3-4,9H,5-8H2,1-2H3. The van der Waals surface area contributed by atoms with Gasteiger partial charge in [0.2, 0.25) is 0 Å². The van der Waals surface area contributed by atoms with Gasteiger partial charge in [-0.05, 0) is 25.5 Å². The number of fused-ring (bicyclic) bond motifs is 1. The van der Waals surface area contributed by atoms with Crippen LogP contribution in [0.15, 0.2) is 18.3 Å². The molecule has 1 fully saturated rings. The highest BCUT2D eigenvalue weighted by molar-refractivity contribution is 5.94. The van der Waals surface area contributed by atoms with Crippen molar-refractivity contribution < 1.29 is 9.53 Å². The van der Waals surface area contributed by atoms with Crippen molar-refractivity contribution in [3.63, 3.8) is 0 Å². The van der Waals surface area contributed by atoms with Crippen molar-refractivity contribution in [1.82, 2.24) is 14.3 Å². The molecule has 100 valence electrons. The van der Waals surface area contributed by atoms with E-state index in [-0.39, 0.29) is 5.91 Å². The zero-order valence-electron chi connectivity index (χ0n) is 11.2. The van der Waals surface area contributed by atoms with Gasteiger partial charge in [-0.25, -0.2) is 4.98 Å². The highest BCUT2D eigenvalue weighted by Gasteiger charge is 2.23. The van der Waals surface area contributed by atoms with E-state index in [9.17, 15) is 4.79 Å². The van der Waals surface area contributed by atoms with Gasteiger partial charge in [0.25, 0.3) is 5.91 Å². The molecule has 0 spiro atoms. The smallest absolute Gasteiger partial charge is 0.272 e. The highest BCUT2D eigenvalue weighted by atomic mass is 16.5. The number of imidazole rings is 1. The maximum atomic E-state index is 12.6. The van der Waals surface area contributed by atoms with Crippen molar-refractivity contribution in [2.45, 2.75) is 13.8 Å². The van der Waals surface area contributed by atoms with Crippen molar-refractivity contribution in [2.75, 3.05) is 26.3 Å². The molecule has 0 aromatic carbocycles. The zero-order valence-corrected chi connectivity index (χ0v) is 11.2. The molecule has 2 aromatic heterocycles. The van der Waals surface area contributed by atoms with Gasteiger partial charge in [-0.15, -0.1) is 0 Å². The van der Waals surface area contributed by atoms with Gasteiger partial charge in [-0.3, -0.25) is 9.20 Å². The van der Waals surface area contributed by atoms with E-state index < -0.39 is 0 Å². The van der Waals surface area contributed by atoms with E-state index in [0.29, 0.717) is 32.0 Å². The van der Waals surface area contributed by atoms with Gasteiger partial charge in [0.15, 0.2) is 0 Å². The second-order valence-electron chi connectivity index (χ2n) is 4.89. The van der Waals surface area contributed by atoms with E-state index in [2.05, 4.69) is 4.98 Å². The third-order valence-corrected chi connectivity index (χ3v) is 3.44. The van der Waals surface area contributed by atoms with Crippen LogP contribution in [0, 0.1) is 13.8 Å². The molecule has 0 atom stereocenters. The second kappa shape index (κ2) is 4.66. The van der Waals surface area contributed by atoms with E-state index in [1.807, 2.05) is 41.5 Å². The molecule has 1 aliphatic heterocycles. The average molecular weight is 259 g/mol. The van der Waals surface area contributed by atoms with Crippen molar-refractivity contribution in [3.05, 3.63) is 35.3 Å². The lowest BCUT2D eigenvalue weighted by molar-refractivity contribution is 0.0298. The first-order chi connectivity index (χ1) is 9.16. The minimum Gasteiger partial charge on any atom is -0.378 e. The fourth-order valence-corrected chi connectivity index (χ4v) is 2.44. The molecular formula is C14H17N3O2. The Bertz CT molecular complexity index is 627. The third kappa shape index (κ3) is 2.10. The number of aromatic nitrogens is 2. The Hall–Kier alpha value is -1.88. The Kier molecular flexibility index (Phi) is 2.98. The number of hydrogen-bond acceptors (Lipinski definition) is 3. The first kappa shape index (κ1) is 12.2. The summed E-state index contributed by atoms with van der Waals surface area (Å²) in [6.45, 7) is 6.42. The van der Waals surface area contributed by atoms with Crippen LogP contribution in [0.5, 0.6) is 0 Å². The van der Waals surface area contributed by atoms with Crippen LogP contribution in [0.2, 0.25) is 0 Å². The van der Waals surface area contributed by atoms with Crippen molar-refractivity contribution in [1.29, 1.82) is 0 Å². The van der Waals surface area contributed by atoms with Crippen LogP contribution in [0.1, 0.15) is 21.7 Å². The van der Waals surface area contributed by atoms with E-state index in [1.54, 1.807) is 0 Å². The van der Waals surface area contributed by atoms with Crippen LogP contribution in [0.4, 0.5) is 0 Å². The SMILES string of the molecule is Cc1ccc2nc(C)c(C(=O)N3CCOCC3)n2c1. The summed E-state index contributed by atoms with van der Waals surface area (Å²) in [6.07, 6.45) is 1.96. The molecule has 1 saturated heterocycles. The number of carbonyl (C=O) groups excluding carboxylic acids is 1. The summed E-state index contributed by atoms with van der Waals surface area (Å²) >= 11 is 0. The molecule has 3 rings (SSSR count). The van der Waals surface area contributed by atoms with Gasteiger partial charge >= 0.3 is 0 Å². The van der Waals surface area contributed by atoms with E-state index in [4.69, 9.17) is 4.74 Å². The fourth-order valence-electron chi connectivity index (χ4n) is 2.44. The topological polar surface area (TPSA) is 46.8 Å². The normalized spacial score (nSPS) is 16.0. The lowest BCUT2D eigenvalue weighted by atomic mass is 10.2. The molecule has 5 nitrogen and oxygen atoms in total. The number of ether oxygens (including phenoxy) is 1. The van der Waals surface area contributed by atoms with Crippen LogP contribution in [-0.4, -0.2) is 46.5 Å². The quantitative estimate of drug-likeness (QED) is 0.778. The summed E-state index contributed by atoms with van der Waals surface area (Å²) in [4.78, 5) is 18.9. The van der Waals surface area contributed by atoms with Gasteiger partial charge < -0.3 is 9.64 Å². The maximum absolute atomic E-state index is 12.6. The number of morpholine rings is 1. The van der Waals surface area contributed by atoms with Crippen LogP contribution < -0.4 is 0 Å². The summed E-state index contributed by atoms with van der Waals surface area (Å²) in [6, 6.07) is 3.95. The number of pyridine rings is 1. The van der Waals surface area contributed by atoms with E-state index in [0.717, 1.165) is 16.9 Å². The zero-order chi connectivity index (χ0) is 13.4. The fraction of sp³-hybridized carbons (Fsp3) is 0.429. The van der Waals surface area contributed by atoms with Crippen LogP contribution >= 0.6 is 0 Å². The van der Waals surface area contributed by atoms with Crippen molar-refractivity contribution in [2.24, 2.45) is 0 Å². The highest BCUT2D eigenvalue weighted by Crippen LogP contribution is 2.16. The van der Waals surface area contributed by atoms with Gasteiger partial charge in [0.1, 0.15) is 11.3 Å². The summed E-state index contributed by atoms with van der Waals surface area (Å²) in [5.74, 6) is 0.0406. The number of nitrogens with zero attached hydrogens (tertiary/aromatic N) is 3. The monoisotopic (exact) mass is 259 g/mol. The molecule has 0 unspecified atom stereocenters. The van der Waals surface area contributed by atoms with Crippen molar-refractivity contribution in [3.8, 4) is 0 Å². The molecule has 1 aliphatic rings. The number of amides is 1. The molecule has 0 radical (unpaired) electrons. The lowest BCUT2D eigenvalue weighted by Gasteiger charge is -2.26. The summed E-state index contributed by atoms with van der Waals surface area (Å²) in [7, 11) is 0. The molecule has 0 N–H and O–H groups in total. The number of rotatable bonds is 1. The lowest BCUT2D eigenvalue weighted by Crippen LogP contribution is -2.41. The van der Waals surface area contributed by atoms with Crippen LogP contribution in [0.25, 0.3) is 5.65 Å². The molecule has 3 heterocycles. The van der Waals surface area contributed by atoms with Gasteiger partial charge in [-0.1, -0.05) is 6.07 Å². The Morgan fingerprint density at radius 2 is 2.00 bits per heavy atom. The molecular weight excluding hydrogens is 242 g/mol. The average Bonchev–Trinajstić information content (AvgIpc) is 2.74. The van der Waals surface area contributed by atoms with Gasteiger partial charge in [-0.2, -0.15) is 0 Å². The predicted octanol–water partition coefficient (Wildman–Crippen LogP) is 1.42. The van der Waals surface area contributed by atoms with Crippen molar-refractivity contribution >= 4 is 11.6 Å². The first-order valence-electron chi connectivity index (χ1n) is 6.49. The molecule has 2 aromatic rings. The number of aryl methyl sites for hydroxylation is 2. The predicted molar refractivity (Wildman–Crippen MR) is 71.4 cm³/mol. The van der Waals surface area contributed by atoms with Crippen LogP contribution in [-0.2, 0) is 4.74 Å². The van der Waals surface area contributed by atoms with Crippen LogP contribution in [0.3, 0.4) is 0 Å². The Labute approximate surface area is 111 Å². The molecule has 0 saturated carbocycles. The molecule has 1 amide bonds. The maximum Gasteiger partial charge on any atom is 0.272 e. The minimum atomic E-state index is 0.0406. The van der Waals surface area contributed by atoms with E-state index >= 15 is 0 Å². The van der Waals surface area contributed by atoms with Gasteiger partial charge in [0, 0.05) is 19.3 Å². The van der Waals surface area contributed by atoms with Gasteiger partial charge in [0.05, 0.1) is 18.9 Å². The molecule has 0 aliphatic carbocycles. The Balaban J connectivity index is 2.05. The summed E-state index contributed by atoms with van der Waals surface area (Å²) in [5.41, 5.74) is 3.38. The number of hydrogen-bond donors (Lipinski definition) is 0. The van der Waals surface area contributed by atoms with E-state index in [1.165, 1.54) is 0 Å². The second-order valence-corrected chi connectivity index (χ2v) is 4.89. The Morgan fingerprint density at radius 3 is 2.74 bits per heavy atom. The number of carbonyl (C=O) groups is 1. The molecule has 0 bridgehead atoms. The summed E-state index contributed by atoms with van der Waals surface area (Å²) in [5, 5.41) is 0. The third-order valence-electron chi connectivity index (χ3n) is 3.44. The Morgan fingerprint density at radius 1 is 1.26 bits per heavy atom. The minimum absolute atomic E-state index is 0.0406. The molecule has 19 heavy (non-hydrogen) atoms.